The molecule has 24 heavy (non-hydrogen) atoms. The Morgan fingerprint density at radius 2 is 2.00 bits per heavy atom. The first-order valence-corrected chi connectivity index (χ1v) is 8.62. The Labute approximate surface area is 142 Å². The Bertz CT molecular complexity index is 797. The van der Waals surface area contributed by atoms with Gasteiger partial charge in [0.25, 0.3) is 5.56 Å². The van der Waals surface area contributed by atoms with E-state index in [1.165, 1.54) is 17.4 Å². The fraction of sp³-hybridized carbons (Fsp3) is 0.556. The molecule has 1 fully saturated rings. The Morgan fingerprint density at radius 1 is 1.29 bits per heavy atom. The summed E-state index contributed by atoms with van der Waals surface area (Å²) in [6.45, 7) is 4.82. The fourth-order valence-electron chi connectivity index (χ4n) is 3.47. The molecule has 6 nitrogen and oxygen atoms in total. The molecule has 2 aromatic heterocycles. The number of aryl methyl sites for hydroxylation is 2. The van der Waals surface area contributed by atoms with Crippen molar-refractivity contribution < 1.29 is 4.79 Å². The average Bonchev–Trinajstić information content (AvgIpc) is 2.85. The molecule has 3 heterocycles. The highest BCUT2D eigenvalue weighted by Gasteiger charge is 2.17. The Morgan fingerprint density at radius 3 is 2.71 bits per heavy atom. The molecule has 1 N–H and O–H groups in total. The van der Waals surface area contributed by atoms with Crippen LogP contribution in [0.15, 0.2) is 23.1 Å². The first-order chi connectivity index (χ1) is 11.5. The van der Waals surface area contributed by atoms with Gasteiger partial charge in [0.2, 0.25) is 0 Å². The first-order valence-electron chi connectivity index (χ1n) is 8.62. The van der Waals surface area contributed by atoms with Crippen molar-refractivity contribution in [2.45, 2.75) is 26.2 Å². The van der Waals surface area contributed by atoms with E-state index in [0.717, 1.165) is 30.6 Å². The van der Waals surface area contributed by atoms with E-state index < -0.39 is 0 Å². The number of carbonyl (C=O) groups excluding carboxylic acids is 1. The van der Waals surface area contributed by atoms with Gasteiger partial charge in [-0.15, -0.1) is 0 Å². The van der Waals surface area contributed by atoms with Crippen molar-refractivity contribution in [3.8, 4) is 0 Å². The highest BCUT2D eigenvalue weighted by Crippen LogP contribution is 2.18. The maximum absolute atomic E-state index is 12.6. The lowest BCUT2D eigenvalue weighted by Crippen LogP contribution is -2.38. The highest BCUT2D eigenvalue weighted by molar-refractivity contribution is 5.84. The number of carbonyl (C=O) groups is 1. The molecule has 0 bridgehead atoms. The molecule has 0 unspecified atom stereocenters. The normalized spacial score (nSPS) is 16.6. The fourth-order valence-corrected chi connectivity index (χ4v) is 3.47. The van der Waals surface area contributed by atoms with Crippen LogP contribution in [0.1, 0.15) is 25.0 Å². The third-order valence-electron chi connectivity index (χ3n) is 5.21. The molecule has 0 atom stereocenters. The summed E-state index contributed by atoms with van der Waals surface area (Å²) >= 11 is 0. The van der Waals surface area contributed by atoms with E-state index >= 15 is 0 Å². The van der Waals surface area contributed by atoms with E-state index in [-0.39, 0.29) is 11.6 Å². The number of pyridine rings is 1. The summed E-state index contributed by atoms with van der Waals surface area (Å²) in [7, 11) is 3.99. The molecule has 3 rings (SSSR count). The van der Waals surface area contributed by atoms with Gasteiger partial charge in [-0.3, -0.25) is 4.79 Å². The number of likely N-dealkylation sites (tertiary alicyclic amines) is 1. The third-order valence-corrected chi connectivity index (χ3v) is 5.21. The van der Waals surface area contributed by atoms with Crippen LogP contribution in [-0.4, -0.2) is 46.7 Å². The summed E-state index contributed by atoms with van der Waals surface area (Å²) < 4.78 is 3.01. The van der Waals surface area contributed by atoms with Gasteiger partial charge < -0.3 is 14.8 Å². The maximum atomic E-state index is 12.6. The minimum absolute atomic E-state index is 0.264. The molecule has 0 spiro atoms. The van der Waals surface area contributed by atoms with Gasteiger partial charge in [0.15, 0.2) is 0 Å². The molecular weight excluding hydrogens is 304 g/mol. The minimum atomic E-state index is -0.339. The van der Waals surface area contributed by atoms with Crippen molar-refractivity contribution in [1.29, 1.82) is 0 Å². The molecule has 130 valence electrons. The van der Waals surface area contributed by atoms with Crippen LogP contribution in [0, 0.1) is 12.8 Å². The largest absolute Gasteiger partial charge is 0.343 e. The van der Waals surface area contributed by atoms with Crippen LogP contribution in [0.5, 0.6) is 0 Å². The summed E-state index contributed by atoms with van der Waals surface area (Å²) in [6.07, 6.45) is 4.90. The van der Waals surface area contributed by atoms with E-state index in [4.69, 9.17) is 0 Å². The van der Waals surface area contributed by atoms with E-state index in [9.17, 15) is 9.59 Å². The second-order valence-electron chi connectivity index (χ2n) is 6.91. The second-order valence-corrected chi connectivity index (χ2v) is 6.91. The van der Waals surface area contributed by atoms with Crippen LogP contribution in [0.25, 0.3) is 10.9 Å². The van der Waals surface area contributed by atoms with Gasteiger partial charge in [0.05, 0.1) is 0 Å². The van der Waals surface area contributed by atoms with Crippen molar-refractivity contribution in [1.82, 2.24) is 19.4 Å². The molecule has 1 amide bonds. The van der Waals surface area contributed by atoms with Crippen LogP contribution in [-0.2, 0) is 7.05 Å². The lowest BCUT2D eigenvalue weighted by molar-refractivity contribution is 0.210. The molecule has 0 saturated carbocycles. The van der Waals surface area contributed by atoms with E-state index in [1.54, 1.807) is 6.20 Å². The number of nitrogens with zero attached hydrogens (tertiary/aromatic N) is 3. The van der Waals surface area contributed by atoms with Gasteiger partial charge in [-0.1, -0.05) is 0 Å². The molecule has 1 saturated heterocycles. The van der Waals surface area contributed by atoms with E-state index in [2.05, 4.69) is 17.3 Å². The zero-order valence-electron chi connectivity index (χ0n) is 14.7. The summed E-state index contributed by atoms with van der Waals surface area (Å²) in [5.41, 5.74) is 1.31. The van der Waals surface area contributed by atoms with Gasteiger partial charge in [-0.25, -0.2) is 9.36 Å². The lowest BCUT2D eigenvalue weighted by atomic mass is 9.94. The standard InChI is InChI=1S/C18H26N4O2/c1-13-12-15-7-11-22(17(23)16(15)21(13)3)18(24)19-8-4-14-5-9-20(2)10-6-14/h7,11-12,14H,4-6,8-10H2,1-3H3,(H,19,24). The quantitative estimate of drug-likeness (QED) is 0.936. The SMILES string of the molecule is Cc1cc2ccn(C(=O)NCCC3CCN(C)CC3)c(=O)c2n1C. The van der Waals surface area contributed by atoms with E-state index in [1.807, 2.05) is 30.7 Å². The summed E-state index contributed by atoms with van der Waals surface area (Å²) in [6, 6.07) is 3.44. The van der Waals surface area contributed by atoms with Gasteiger partial charge in [0.1, 0.15) is 5.52 Å². The average molecular weight is 330 g/mol. The predicted molar refractivity (Wildman–Crippen MR) is 95.6 cm³/mol. The Balaban J connectivity index is 1.65. The lowest BCUT2D eigenvalue weighted by Gasteiger charge is -2.28. The Hall–Kier alpha value is -2.08. The zero-order valence-corrected chi connectivity index (χ0v) is 14.7. The molecule has 1 aliphatic rings. The number of rotatable bonds is 3. The number of aromatic nitrogens is 2. The maximum Gasteiger partial charge on any atom is 0.328 e. The molecule has 0 radical (unpaired) electrons. The molecule has 1 aliphatic heterocycles. The summed E-state index contributed by atoms with van der Waals surface area (Å²) in [5.74, 6) is 0.663. The number of nitrogens with one attached hydrogen (secondary N) is 1. The zero-order chi connectivity index (χ0) is 17.3. The van der Waals surface area contributed by atoms with Crippen LogP contribution in [0.4, 0.5) is 4.79 Å². The number of piperidine rings is 1. The number of hydrogen-bond acceptors (Lipinski definition) is 3. The van der Waals surface area contributed by atoms with Crippen LogP contribution in [0.2, 0.25) is 0 Å². The van der Waals surface area contributed by atoms with Gasteiger partial charge >= 0.3 is 6.03 Å². The number of amides is 1. The number of hydrogen-bond donors (Lipinski definition) is 1. The highest BCUT2D eigenvalue weighted by atomic mass is 16.2. The smallest absolute Gasteiger partial charge is 0.328 e. The third kappa shape index (κ3) is 3.24. The van der Waals surface area contributed by atoms with Crippen molar-refractivity contribution in [2.24, 2.45) is 13.0 Å². The summed E-state index contributed by atoms with van der Waals surface area (Å²) in [4.78, 5) is 27.3. The first kappa shape index (κ1) is 16.8. The molecule has 6 heteroatoms. The predicted octanol–water partition coefficient (Wildman–Crippen LogP) is 1.94. The molecule has 0 aliphatic carbocycles. The minimum Gasteiger partial charge on any atom is -0.343 e. The monoisotopic (exact) mass is 330 g/mol. The Kier molecular flexibility index (Phi) is 4.76. The van der Waals surface area contributed by atoms with Gasteiger partial charge in [-0.05, 0) is 64.4 Å². The van der Waals surface area contributed by atoms with Crippen LogP contribution in [0.3, 0.4) is 0 Å². The van der Waals surface area contributed by atoms with Crippen LogP contribution < -0.4 is 10.9 Å². The number of fused-ring (bicyclic) bond motifs is 1. The summed E-state index contributed by atoms with van der Waals surface area (Å²) in [5, 5.41) is 3.76. The second kappa shape index (κ2) is 6.81. The van der Waals surface area contributed by atoms with Crippen molar-refractivity contribution in [2.75, 3.05) is 26.7 Å². The van der Waals surface area contributed by atoms with Crippen molar-refractivity contribution in [3.05, 3.63) is 34.4 Å². The molecular formula is C18H26N4O2. The topological polar surface area (TPSA) is 59.3 Å². The molecule has 0 aromatic carbocycles. The van der Waals surface area contributed by atoms with Gasteiger partial charge in [-0.2, -0.15) is 0 Å². The van der Waals surface area contributed by atoms with Crippen molar-refractivity contribution in [3.63, 3.8) is 0 Å². The van der Waals surface area contributed by atoms with Gasteiger partial charge in [0, 0.05) is 30.9 Å². The molecule has 2 aromatic rings. The van der Waals surface area contributed by atoms with Crippen molar-refractivity contribution >= 4 is 16.9 Å². The van der Waals surface area contributed by atoms with Crippen LogP contribution >= 0.6 is 0 Å². The van der Waals surface area contributed by atoms with E-state index in [0.29, 0.717) is 18.0 Å².